The van der Waals surface area contributed by atoms with Crippen molar-refractivity contribution < 1.29 is 14.4 Å². The number of amides is 4. The van der Waals surface area contributed by atoms with Crippen molar-refractivity contribution in [3.8, 4) is 0 Å². The monoisotopic (exact) mass is 413 g/mol. The summed E-state index contributed by atoms with van der Waals surface area (Å²) in [6.07, 6.45) is 0.296. The number of nitrogens with one attached hydrogen (secondary N) is 2. The summed E-state index contributed by atoms with van der Waals surface area (Å²) < 4.78 is 0. The molecule has 4 rings (SSSR count). The highest BCUT2D eigenvalue weighted by atomic mass is 16.2. The number of hydrogen-bond acceptors (Lipinski definition) is 3. The largest absolute Gasteiger partial charge is 0.350 e. The number of urea groups is 1. The van der Waals surface area contributed by atoms with Gasteiger partial charge in [-0.2, -0.15) is 0 Å². The Balaban J connectivity index is 1.55. The fourth-order valence-corrected chi connectivity index (χ4v) is 3.81. The highest BCUT2D eigenvalue weighted by molar-refractivity contribution is 6.09. The maximum Gasteiger partial charge on any atom is 0.325 e. The van der Waals surface area contributed by atoms with Crippen molar-refractivity contribution in [3.05, 3.63) is 108 Å². The summed E-state index contributed by atoms with van der Waals surface area (Å²) >= 11 is 0. The van der Waals surface area contributed by atoms with Crippen LogP contribution in [0.2, 0.25) is 0 Å². The highest BCUT2D eigenvalue weighted by Crippen LogP contribution is 2.32. The fraction of sp³-hybridized carbons (Fsp3) is 0.160. The molecule has 1 saturated heterocycles. The van der Waals surface area contributed by atoms with Crippen LogP contribution < -0.4 is 10.6 Å². The predicted octanol–water partition coefficient (Wildman–Crippen LogP) is 2.99. The number of hydrogen-bond donors (Lipinski definition) is 2. The maximum absolute atomic E-state index is 13.5. The minimum Gasteiger partial charge on any atom is -0.350 e. The van der Waals surface area contributed by atoms with Crippen LogP contribution in [-0.2, 0) is 28.1 Å². The van der Waals surface area contributed by atoms with Crippen LogP contribution in [0.15, 0.2) is 91.0 Å². The third-order valence-electron chi connectivity index (χ3n) is 5.39. The van der Waals surface area contributed by atoms with Crippen LogP contribution in [0.4, 0.5) is 4.79 Å². The van der Waals surface area contributed by atoms with E-state index in [2.05, 4.69) is 10.6 Å². The third-order valence-corrected chi connectivity index (χ3v) is 5.39. The number of benzene rings is 3. The van der Waals surface area contributed by atoms with Crippen molar-refractivity contribution in [2.24, 2.45) is 0 Å². The first-order chi connectivity index (χ1) is 15.1. The van der Waals surface area contributed by atoms with E-state index >= 15 is 0 Å². The molecule has 0 aliphatic carbocycles. The average molecular weight is 413 g/mol. The Hall–Kier alpha value is -3.93. The Morgan fingerprint density at radius 3 is 1.97 bits per heavy atom. The molecule has 6 heteroatoms. The summed E-state index contributed by atoms with van der Waals surface area (Å²) in [5.41, 5.74) is 1.29. The van der Waals surface area contributed by atoms with Crippen molar-refractivity contribution in [2.45, 2.75) is 18.5 Å². The van der Waals surface area contributed by atoms with Crippen molar-refractivity contribution >= 4 is 17.8 Å². The van der Waals surface area contributed by atoms with Gasteiger partial charge in [-0.05, 0) is 16.7 Å². The van der Waals surface area contributed by atoms with Crippen LogP contribution in [-0.4, -0.2) is 29.3 Å². The van der Waals surface area contributed by atoms with Gasteiger partial charge in [0.1, 0.15) is 6.54 Å². The molecular weight excluding hydrogens is 390 g/mol. The Labute approximate surface area is 180 Å². The van der Waals surface area contributed by atoms with E-state index in [9.17, 15) is 14.4 Å². The molecule has 1 aliphatic heterocycles. The molecule has 31 heavy (non-hydrogen) atoms. The van der Waals surface area contributed by atoms with Crippen molar-refractivity contribution in [1.82, 2.24) is 15.5 Å². The molecule has 0 saturated carbocycles. The molecule has 1 fully saturated rings. The lowest BCUT2D eigenvalue weighted by Crippen LogP contribution is -2.46. The molecule has 2 N–H and O–H groups in total. The molecule has 0 bridgehead atoms. The minimum absolute atomic E-state index is 0.296. The molecule has 0 radical (unpaired) electrons. The smallest absolute Gasteiger partial charge is 0.325 e. The van der Waals surface area contributed by atoms with Gasteiger partial charge in [0, 0.05) is 13.0 Å². The zero-order valence-corrected chi connectivity index (χ0v) is 17.0. The van der Waals surface area contributed by atoms with Gasteiger partial charge in [-0.25, -0.2) is 4.79 Å². The quantitative estimate of drug-likeness (QED) is 0.585. The minimum atomic E-state index is -1.25. The third kappa shape index (κ3) is 4.33. The zero-order valence-electron chi connectivity index (χ0n) is 17.0. The number of carbonyl (C=O) groups excluding carboxylic acids is 3. The topological polar surface area (TPSA) is 78.5 Å². The molecule has 6 nitrogen and oxygen atoms in total. The van der Waals surface area contributed by atoms with Crippen LogP contribution in [0.25, 0.3) is 0 Å². The first kappa shape index (κ1) is 20.3. The van der Waals surface area contributed by atoms with Gasteiger partial charge in [-0.1, -0.05) is 91.0 Å². The molecule has 3 aromatic rings. The van der Waals surface area contributed by atoms with E-state index in [4.69, 9.17) is 0 Å². The fourth-order valence-electron chi connectivity index (χ4n) is 3.81. The first-order valence-corrected chi connectivity index (χ1v) is 10.1. The summed E-state index contributed by atoms with van der Waals surface area (Å²) in [5, 5.41) is 5.64. The van der Waals surface area contributed by atoms with E-state index in [1.807, 2.05) is 91.0 Å². The lowest BCUT2D eigenvalue weighted by Gasteiger charge is -2.27. The lowest BCUT2D eigenvalue weighted by molar-refractivity contribution is -0.135. The van der Waals surface area contributed by atoms with E-state index in [0.29, 0.717) is 18.5 Å². The van der Waals surface area contributed by atoms with E-state index < -0.39 is 23.4 Å². The van der Waals surface area contributed by atoms with Crippen LogP contribution in [0, 0.1) is 0 Å². The molecule has 1 unspecified atom stereocenters. The summed E-state index contributed by atoms with van der Waals surface area (Å²) in [6, 6.07) is 27.6. The SMILES string of the molecule is O=C(CN1C(=O)NC(Cc2ccccc2)(c2ccccc2)C1=O)NCc1ccccc1. The van der Waals surface area contributed by atoms with Gasteiger partial charge in [-0.3, -0.25) is 14.5 Å². The van der Waals surface area contributed by atoms with Gasteiger partial charge in [0.25, 0.3) is 5.91 Å². The Morgan fingerprint density at radius 1 is 0.806 bits per heavy atom. The number of imide groups is 1. The Kier molecular flexibility index (Phi) is 5.80. The number of nitrogens with zero attached hydrogens (tertiary/aromatic N) is 1. The van der Waals surface area contributed by atoms with Gasteiger partial charge in [-0.15, -0.1) is 0 Å². The lowest BCUT2D eigenvalue weighted by atomic mass is 9.83. The van der Waals surface area contributed by atoms with Crippen molar-refractivity contribution in [3.63, 3.8) is 0 Å². The van der Waals surface area contributed by atoms with E-state index in [1.165, 1.54) is 0 Å². The van der Waals surface area contributed by atoms with Crippen LogP contribution in [0.3, 0.4) is 0 Å². The molecule has 156 valence electrons. The van der Waals surface area contributed by atoms with E-state index in [1.54, 1.807) is 0 Å². The van der Waals surface area contributed by atoms with E-state index in [0.717, 1.165) is 16.0 Å². The van der Waals surface area contributed by atoms with Crippen LogP contribution in [0.1, 0.15) is 16.7 Å². The van der Waals surface area contributed by atoms with Crippen LogP contribution >= 0.6 is 0 Å². The van der Waals surface area contributed by atoms with Gasteiger partial charge in [0.15, 0.2) is 5.54 Å². The summed E-state index contributed by atoms with van der Waals surface area (Å²) in [4.78, 5) is 39.8. The Bertz CT molecular complexity index is 1070. The molecule has 1 aliphatic rings. The standard InChI is InChI=1S/C25H23N3O3/c29-22(26-17-20-12-6-2-7-13-20)18-28-23(30)25(27-24(28)31,21-14-8-3-9-15-21)16-19-10-4-1-5-11-19/h1-15H,16-18H2,(H,26,29)(H,27,31). The maximum atomic E-state index is 13.5. The molecule has 3 aromatic carbocycles. The zero-order chi connectivity index (χ0) is 21.7. The summed E-state index contributed by atoms with van der Waals surface area (Å²) in [6.45, 7) is -0.00194. The molecule has 1 atom stereocenters. The highest BCUT2D eigenvalue weighted by Gasteiger charge is 2.52. The number of rotatable bonds is 7. The van der Waals surface area contributed by atoms with Gasteiger partial charge in [0.05, 0.1) is 0 Å². The van der Waals surface area contributed by atoms with Gasteiger partial charge in [0.2, 0.25) is 5.91 Å². The second-order valence-electron chi connectivity index (χ2n) is 7.52. The van der Waals surface area contributed by atoms with Crippen molar-refractivity contribution in [1.29, 1.82) is 0 Å². The summed E-state index contributed by atoms with van der Waals surface area (Å²) in [5.74, 6) is -0.821. The Morgan fingerprint density at radius 2 is 1.35 bits per heavy atom. The normalized spacial score (nSPS) is 18.0. The second-order valence-corrected chi connectivity index (χ2v) is 7.52. The molecule has 0 spiro atoms. The van der Waals surface area contributed by atoms with Crippen LogP contribution in [0.5, 0.6) is 0 Å². The predicted molar refractivity (Wildman–Crippen MR) is 117 cm³/mol. The van der Waals surface area contributed by atoms with Gasteiger partial charge >= 0.3 is 6.03 Å². The van der Waals surface area contributed by atoms with E-state index in [-0.39, 0.29) is 6.54 Å². The van der Waals surface area contributed by atoms with Gasteiger partial charge < -0.3 is 10.6 Å². The molecule has 1 heterocycles. The molecular formula is C25H23N3O3. The first-order valence-electron chi connectivity index (χ1n) is 10.1. The molecule has 4 amide bonds. The molecule has 0 aromatic heterocycles. The van der Waals surface area contributed by atoms with Crippen molar-refractivity contribution in [2.75, 3.05) is 6.54 Å². The number of carbonyl (C=O) groups is 3. The summed E-state index contributed by atoms with van der Waals surface area (Å²) in [7, 11) is 0. The average Bonchev–Trinajstić information content (AvgIpc) is 3.04. The second kappa shape index (κ2) is 8.83.